The van der Waals surface area contributed by atoms with E-state index in [0.717, 1.165) is 25.7 Å². The van der Waals surface area contributed by atoms with Crippen LogP contribution in [0.3, 0.4) is 0 Å². The van der Waals surface area contributed by atoms with E-state index in [-0.39, 0.29) is 6.42 Å². The number of ether oxygens (including phenoxy) is 1. The summed E-state index contributed by atoms with van der Waals surface area (Å²) in [4.78, 5) is 22.7. The molecular formula is C16H29NO5. The highest BCUT2D eigenvalue weighted by Crippen LogP contribution is 2.28. The molecule has 3 N–H and O–H groups in total. The quantitative estimate of drug-likeness (QED) is 0.700. The number of aliphatic hydroxyl groups excluding tert-OH is 1. The molecule has 2 atom stereocenters. The Kier molecular flexibility index (Phi) is 7.13. The van der Waals surface area contributed by atoms with Crippen LogP contribution in [0.1, 0.15) is 65.7 Å². The Bertz CT molecular complexity index is 371. The van der Waals surface area contributed by atoms with Crippen molar-refractivity contribution in [1.29, 1.82) is 0 Å². The SMILES string of the molecule is CC(C)(C)OC(=O)N[C@H](CC1CCCCC1)[C@@H](O)CC(=O)O. The van der Waals surface area contributed by atoms with E-state index in [1.54, 1.807) is 20.8 Å². The predicted octanol–water partition coefficient (Wildman–Crippen LogP) is 2.69. The first kappa shape index (κ1) is 18.7. The van der Waals surface area contributed by atoms with Gasteiger partial charge < -0.3 is 20.3 Å². The van der Waals surface area contributed by atoms with Crippen molar-refractivity contribution in [2.24, 2.45) is 5.92 Å². The molecule has 1 rings (SSSR count). The second kappa shape index (κ2) is 8.36. The highest BCUT2D eigenvalue weighted by molar-refractivity contribution is 5.69. The average Bonchev–Trinajstić information content (AvgIpc) is 2.36. The predicted molar refractivity (Wildman–Crippen MR) is 82.6 cm³/mol. The fourth-order valence-corrected chi connectivity index (χ4v) is 2.87. The lowest BCUT2D eigenvalue weighted by Gasteiger charge is -2.30. The Hall–Kier alpha value is -1.30. The third-order valence-electron chi connectivity index (χ3n) is 3.86. The van der Waals surface area contributed by atoms with Crippen LogP contribution in [-0.2, 0) is 9.53 Å². The number of carboxylic acid groups (broad SMARTS) is 1. The Labute approximate surface area is 132 Å². The van der Waals surface area contributed by atoms with Crippen LogP contribution in [0.2, 0.25) is 0 Å². The molecule has 0 unspecified atom stereocenters. The van der Waals surface area contributed by atoms with Crippen molar-refractivity contribution in [3.63, 3.8) is 0 Å². The van der Waals surface area contributed by atoms with Crippen LogP contribution in [0.15, 0.2) is 0 Å². The summed E-state index contributed by atoms with van der Waals surface area (Å²) in [6, 6.07) is -0.589. The maximum atomic E-state index is 11.9. The Morgan fingerprint density at radius 1 is 1.23 bits per heavy atom. The molecule has 0 heterocycles. The van der Waals surface area contributed by atoms with Crippen LogP contribution in [0.5, 0.6) is 0 Å². The lowest BCUT2D eigenvalue weighted by molar-refractivity contribution is -0.139. The van der Waals surface area contributed by atoms with Gasteiger partial charge in [0.05, 0.1) is 18.6 Å². The first-order valence-corrected chi connectivity index (χ1v) is 8.07. The number of carboxylic acids is 1. The van der Waals surface area contributed by atoms with Crippen molar-refractivity contribution >= 4 is 12.1 Å². The van der Waals surface area contributed by atoms with E-state index >= 15 is 0 Å². The third-order valence-corrected chi connectivity index (χ3v) is 3.86. The van der Waals surface area contributed by atoms with Crippen LogP contribution in [-0.4, -0.2) is 40.0 Å². The van der Waals surface area contributed by atoms with E-state index in [1.807, 2.05) is 0 Å². The number of aliphatic hydroxyl groups is 1. The second-order valence-electron chi connectivity index (χ2n) is 7.16. The Morgan fingerprint density at radius 3 is 2.32 bits per heavy atom. The monoisotopic (exact) mass is 315 g/mol. The normalized spacial score (nSPS) is 19.3. The van der Waals surface area contributed by atoms with Crippen molar-refractivity contribution in [3.05, 3.63) is 0 Å². The second-order valence-corrected chi connectivity index (χ2v) is 7.16. The van der Waals surface area contributed by atoms with Gasteiger partial charge in [0, 0.05) is 0 Å². The number of hydrogen-bond donors (Lipinski definition) is 3. The molecule has 6 heteroatoms. The first-order chi connectivity index (χ1) is 10.2. The molecule has 22 heavy (non-hydrogen) atoms. The lowest BCUT2D eigenvalue weighted by Crippen LogP contribution is -2.47. The fraction of sp³-hybridized carbons (Fsp3) is 0.875. The zero-order valence-corrected chi connectivity index (χ0v) is 13.8. The molecule has 0 aliphatic heterocycles. The minimum atomic E-state index is -1.10. The summed E-state index contributed by atoms with van der Waals surface area (Å²) in [5.74, 6) is -0.663. The topological polar surface area (TPSA) is 95.9 Å². The highest BCUT2D eigenvalue weighted by Gasteiger charge is 2.29. The molecule has 0 aromatic heterocycles. The fourth-order valence-electron chi connectivity index (χ4n) is 2.87. The van der Waals surface area contributed by atoms with Gasteiger partial charge in [-0.1, -0.05) is 32.1 Å². The highest BCUT2D eigenvalue weighted by atomic mass is 16.6. The zero-order valence-electron chi connectivity index (χ0n) is 13.8. The summed E-state index contributed by atoms with van der Waals surface area (Å²) in [5.41, 5.74) is -0.628. The van der Waals surface area contributed by atoms with E-state index in [0.29, 0.717) is 12.3 Å². The number of rotatable bonds is 6. The molecule has 0 aromatic carbocycles. The van der Waals surface area contributed by atoms with Crippen molar-refractivity contribution < 1.29 is 24.5 Å². The van der Waals surface area contributed by atoms with Gasteiger partial charge >= 0.3 is 12.1 Å². The van der Waals surface area contributed by atoms with Gasteiger partial charge in [-0.3, -0.25) is 4.79 Å². The van der Waals surface area contributed by atoms with Gasteiger partial charge in [0.1, 0.15) is 5.60 Å². The first-order valence-electron chi connectivity index (χ1n) is 8.07. The summed E-state index contributed by atoms with van der Waals surface area (Å²) in [5, 5.41) is 21.6. The number of hydrogen-bond acceptors (Lipinski definition) is 4. The molecule has 1 aliphatic rings. The van der Waals surface area contributed by atoms with Gasteiger partial charge in [0.25, 0.3) is 0 Å². The maximum absolute atomic E-state index is 11.9. The molecular weight excluding hydrogens is 286 g/mol. The number of nitrogens with one attached hydrogen (secondary N) is 1. The number of alkyl carbamates (subject to hydrolysis) is 1. The molecule has 1 aliphatic carbocycles. The van der Waals surface area contributed by atoms with Crippen molar-refractivity contribution in [2.75, 3.05) is 0 Å². The minimum absolute atomic E-state index is 0.382. The summed E-state index contributed by atoms with van der Waals surface area (Å²) in [6.07, 6.45) is 4.14. The molecule has 128 valence electrons. The van der Waals surface area contributed by atoms with E-state index in [4.69, 9.17) is 9.84 Å². The van der Waals surface area contributed by atoms with Gasteiger partial charge in [0.2, 0.25) is 0 Å². The number of carbonyl (C=O) groups is 2. The Balaban J connectivity index is 2.63. The van der Waals surface area contributed by atoms with Gasteiger partial charge in [-0.2, -0.15) is 0 Å². The zero-order chi connectivity index (χ0) is 16.8. The summed E-state index contributed by atoms with van der Waals surface area (Å²) in [6.45, 7) is 5.28. The van der Waals surface area contributed by atoms with Crippen LogP contribution in [0.4, 0.5) is 4.79 Å². The molecule has 1 fully saturated rings. The van der Waals surface area contributed by atoms with Gasteiger partial charge in [-0.05, 0) is 33.1 Å². The smallest absolute Gasteiger partial charge is 0.407 e. The van der Waals surface area contributed by atoms with Gasteiger partial charge in [-0.25, -0.2) is 4.79 Å². The number of amides is 1. The number of aliphatic carboxylic acids is 1. The minimum Gasteiger partial charge on any atom is -0.481 e. The molecule has 1 saturated carbocycles. The van der Waals surface area contributed by atoms with Gasteiger partial charge in [-0.15, -0.1) is 0 Å². The molecule has 0 bridgehead atoms. The average molecular weight is 315 g/mol. The molecule has 0 spiro atoms. The number of carbonyl (C=O) groups excluding carboxylic acids is 1. The van der Waals surface area contributed by atoms with Gasteiger partial charge in [0.15, 0.2) is 0 Å². The van der Waals surface area contributed by atoms with Crippen LogP contribution >= 0.6 is 0 Å². The standard InChI is InChI=1S/C16H29NO5/c1-16(2,3)22-15(21)17-12(13(18)10-14(19)20)9-11-7-5-4-6-8-11/h11-13,18H,4-10H2,1-3H3,(H,17,21)(H,19,20)/t12-,13+/m1/s1. The summed E-state index contributed by atoms with van der Waals surface area (Å²) in [7, 11) is 0. The Morgan fingerprint density at radius 2 is 1.82 bits per heavy atom. The van der Waals surface area contributed by atoms with Crippen LogP contribution in [0.25, 0.3) is 0 Å². The summed E-state index contributed by atoms with van der Waals surface area (Å²) >= 11 is 0. The maximum Gasteiger partial charge on any atom is 0.407 e. The summed E-state index contributed by atoms with van der Waals surface area (Å²) < 4.78 is 5.20. The molecule has 6 nitrogen and oxygen atoms in total. The van der Waals surface area contributed by atoms with E-state index < -0.39 is 29.8 Å². The van der Waals surface area contributed by atoms with Crippen molar-refractivity contribution in [1.82, 2.24) is 5.32 Å². The largest absolute Gasteiger partial charge is 0.481 e. The van der Waals surface area contributed by atoms with Crippen molar-refractivity contribution in [2.45, 2.75) is 83.5 Å². The molecule has 0 aromatic rings. The van der Waals surface area contributed by atoms with Crippen LogP contribution in [0, 0.1) is 5.92 Å². The lowest BCUT2D eigenvalue weighted by atomic mass is 9.83. The van der Waals surface area contributed by atoms with E-state index in [9.17, 15) is 14.7 Å². The third kappa shape index (κ3) is 7.64. The molecule has 0 radical (unpaired) electrons. The molecule has 0 saturated heterocycles. The van der Waals surface area contributed by atoms with E-state index in [2.05, 4.69) is 5.32 Å². The van der Waals surface area contributed by atoms with Crippen LogP contribution < -0.4 is 5.32 Å². The van der Waals surface area contributed by atoms with Crippen molar-refractivity contribution in [3.8, 4) is 0 Å². The molecule has 1 amide bonds. The van der Waals surface area contributed by atoms with E-state index in [1.165, 1.54) is 6.42 Å².